The molecule has 1 N–H and O–H groups in total. The van der Waals surface area contributed by atoms with E-state index in [1.807, 2.05) is 0 Å². The Morgan fingerprint density at radius 3 is 2.63 bits per heavy atom. The molecule has 0 aliphatic carbocycles. The minimum Gasteiger partial charge on any atom is -0.388 e. The maximum absolute atomic E-state index is 13.5. The van der Waals surface area contributed by atoms with Gasteiger partial charge in [0, 0.05) is 18.7 Å². The minimum atomic E-state index is -0.915. The number of hydrogen-bond donors (Lipinski definition) is 1. The zero-order valence-electron chi connectivity index (χ0n) is 10.8. The first-order valence-electron chi connectivity index (χ1n) is 6.32. The molecule has 0 saturated carbocycles. The molecule has 0 spiro atoms. The predicted octanol–water partition coefficient (Wildman–Crippen LogP) is 1.88. The van der Waals surface area contributed by atoms with Gasteiger partial charge in [0.1, 0.15) is 11.6 Å². The van der Waals surface area contributed by atoms with Crippen molar-refractivity contribution < 1.29 is 18.7 Å². The molecule has 104 valence electrons. The van der Waals surface area contributed by atoms with Crippen LogP contribution in [0, 0.1) is 11.6 Å². The Kier molecular flexibility index (Phi) is 3.85. The van der Waals surface area contributed by atoms with Gasteiger partial charge in [-0.2, -0.15) is 0 Å². The fraction of sp³-hybridized carbons (Fsp3) is 0.500. The van der Waals surface area contributed by atoms with E-state index in [1.165, 1.54) is 11.0 Å². The predicted molar refractivity (Wildman–Crippen MR) is 66.5 cm³/mol. The van der Waals surface area contributed by atoms with Gasteiger partial charge < -0.3 is 10.0 Å². The summed E-state index contributed by atoms with van der Waals surface area (Å²) in [6, 6.07) is 3.54. The molecule has 1 unspecified atom stereocenters. The Labute approximate surface area is 110 Å². The average molecular weight is 269 g/mol. The summed E-state index contributed by atoms with van der Waals surface area (Å²) in [4.78, 5) is 13.5. The summed E-state index contributed by atoms with van der Waals surface area (Å²) in [6.07, 6.45) is 1.01. The molecule has 5 heteroatoms. The van der Waals surface area contributed by atoms with Gasteiger partial charge in [0.05, 0.1) is 12.0 Å². The molecule has 1 heterocycles. The number of rotatable bonds is 2. The van der Waals surface area contributed by atoms with Gasteiger partial charge >= 0.3 is 0 Å². The van der Waals surface area contributed by atoms with Crippen molar-refractivity contribution in [3.8, 4) is 0 Å². The third-order valence-electron chi connectivity index (χ3n) is 3.42. The first kappa shape index (κ1) is 13.9. The number of carbonyl (C=O) groups excluding carboxylic acids is 1. The van der Waals surface area contributed by atoms with Gasteiger partial charge in [0.15, 0.2) is 0 Å². The summed E-state index contributed by atoms with van der Waals surface area (Å²) < 4.78 is 26.9. The van der Waals surface area contributed by atoms with Crippen molar-refractivity contribution in [2.24, 2.45) is 0 Å². The van der Waals surface area contributed by atoms with Crippen LogP contribution in [0.1, 0.15) is 25.3 Å². The molecule has 1 fully saturated rings. The standard InChI is InChI=1S/C14H17F2NO2/c1-14(19)6-3-7-17(9-14)13(18)8-10-11(15)4-2-5-12(10)16/h2,4-5,19H,3,6-9H2,1H3. The second-order valence-electron chi connectivity index (χ2n) is 5.29. The molecule has 1 atom stereocenters. The maximum atomic E-state index is 13.5. The molecule has 1 aliphatic heterocycles. The van der Waals surface area contributed by atoms with E-state index in [-0.39, 0.29) is 24.4 Å². The molecular weight excluding hydrogens is 252 g/mol. The number of aliphatic hydroxyl groups is 1. The summed E-state index contributed by atoms with van der Waals surface area (Å²) in [5.74, 6) is -1.78. The van der Waals surface area contributed by atoms with Gasteiger partial charge in [0.25, 0.3) is 0 Å². The lowest BCUT2D eigenvalue weighted by Crippen LogP contribution is -2.49. The highest BCUT2D eigenvalue weighted by molar-refractivity contribution is 5.79. The average Bonchev–Trinajstić information content (AvgIpc) is 2.32. The second kappa shape index (κ2) is 5.25. The van der Waals surface area contributed by atoms with E-state index in [1.54, 1.807) is 6.92 Å². The summed E-state index contributed by atoms with van der Waals surface area (Å²) in [7, 11) is 0. The summed E-state index contributed by atoms with van der Waals surface area (Å²) in [5, 5.41) is 9.93. The van der Waals surface area contributed by atoms with E-state index < -0.39 is 17.2 Å². The zero-order chi connectivity index (χ0) is 14.0. The van der Waals surface area contributed by atoms with Gasteiger partial charge in [-0.15, -0.1) is 0 Å². The fourth-order valence-electron chi connectivity index (χ4n) is 2.40. The molecule has 19 heavy (non-hydrogen) atoms. The molecular formula is C14H17F2NO2. The number of amides is 1. The van der Waals surface area contributed by atoms with Crippen LogP contribution in [0.25, 0.3) is 0 Å². The molecule has 1 amide bonds. The Morgan fingerprint density at radius 2 is 2.05 bits per heavy atom. The molecule has 0 radical (unpaired) electrons. The van der Waals surface area contributed by atoms with Crippen molar-refractivity contribution in [3.05, 3.63) is 35.4 Å². The van der Waals surface area contributed by atoms with E-state index >= 15 is 0 Å². The number of halogens is 2. The minimum absolute atomic E-state index is 0.210. The van der Waals surface area contributed by atoms with Crippen LogP contribution in [0.3, 0.4) is 0 Å². The van der Waals surface area contributed by atoms with Gasteiger partial charge in [-0.25, -0.2) is 8.78 Å². The van der Waals surface area contributed by atoms with Crippen molar-refractivity contribution in [1.82, 2.24) is 4.90 Å². The van der Waals surface area contributed by atoms with Crippen molar-refractivity contribution in [1.29, 1.82) is 0 Å². The van der Waals surface area contributed by atoms with E-state index in [9.17, 15) is 18.7 Å². The Bertz CT molecular complexity index is 468. The van der Waals surface area contributed by atoms with Crippen molar-refractivity contribution in [2.75, 3.05) is 13.1 Å². The molecule has 2 rings (SSSR count). The van der Waals surface area contributed by atoms with Crippen LogP contribution in [0.2, 0.25) is 0 Å². The number of benzene rings is 1. The highest BCUT2D eigenvalue weighted by atomic mass is 19.1. The summed E-state index contributed by atoms with van der Waals surface area (Å²) >= 11 is 0. The number of β-amino-alcohol motifs (C(OH)–C–C–N with tert-alkyl or cyclic N) is 1. The summed E-state index contributed by atoms with van der Waals surface area (Å²) in [5.41, 5.74) is -1.13. The van der Waals surface area contributed by atoms with E-state index in [0.29, 0.717) is 19.4 Å². The maximum Gasteiger partial charge on any atom is 0.227 e. The smallest absolute Gasteiger partial charge is 0.227 e. The molecule has 1 aliphatic rings. The van der Waals surface area contributed by atoms with Crippen LogP contribution >= 0.6 is 0 Å². The lowest BCUT2D eigenvalue weighted by atomic mass is 9.94. The number of hydrogen-bond acceptors (Lipinski definition) is 2. The number of piperidine rings is 1. The fourth-order valence-corrected chi connectivity index (χ4v) is 2.40. The van der Waals surface area contributed by atoms with Gasteiger partial charge in [-0.1, -0.05) is 6.07 Å². The topological polar surface area (TPSA) is 40.5 Å². The quantitative estimate of drug-likeness (QED) is 0.890. The monoisotopic (exact) mass is 269 g/mol. The SMILES string of the molecule is CC1(O)CCCN(C(=O)Cc2c(F)cccc2F)C1. The molecule has 0 bridgehead atoms. The second-order valence-corrected chi connectivity index (χ2v) is 5.29. The lowest BCUT2D eigenvalue weighted by molar-refractivity contribution is -0.136. The highest BCUT2D eigenvalue weighted by Gasteiger charge is 2.31. The normalized spacial score (nSPS) is 23.5. The first-order valence-corrected chi connectivity index (χ1v) is 6.32. The number of nitrogens with zero attached hydrogens (tertiary/aromatic N) is 1. The van der Waals surface area contributed by atoms with Crippen molar-refractivity contribution in [3.63, 3.8) is 0 Å². The Morgan fingerprint density at radius 1 is 1.42 bits per heavy atom. The molecule has 1 saturated heterocycles. The van der Waals surface area contributed by atoms with Crippen LogP contribution in [-0.2, 0) is 11.2 Å². The summed E-state index contributed by atoms with van der Waals surface area (Å²) in [6.45, 7) is 2.39. The molecule has 0 aromatic heterocycles. The molecule has 1 aromatic rings. The zero-order valence-corrected chi connectivity index (χ0v) is 10.8. The third kappa shape index (κ3) is 3.29. The number of likely N-dealkylation sites (tertiary alicyclic amines) is 1. The van der Waals surface area contributed by atoms with Crippen molar-refractivity contribution in [2.45, 2.75) is 31.8 Å². The van der Waals surface area contributed by atoms with Crippen LogP contribution in [0.5, 0.6) is 0 Å². The highest BCUT2D eigenvalue weighted by Crippen LogP contribution is 2.21. The van der Waals surface area contributed by atoms with E-state index in [2.05, 4.69) is 0 Å². The van der Waals surface area contributed by atoms with Gasteiger partial charge in [-0.05, 0) is 31.9 Å². The van der Waals surface area contributed by atoms with Crippen molar-refractivity contribution >= 4 is 5.91 Å². The van der Waals surface area contributed by atoms with Crippen LogP contribution in [0.4, 0.5) is 8.78 Å². The third-order valence-corrected chi connectivity index (χ3v) is 3.42. The first-order chi connectivity index (χ1) is 8.89. The van der Waals surface area contributed by atoms with Crippen LogP contribution < -0.4 is 0 Å². The van der Waals surface area contributed by atoms with Crippen LogP contribution in [0.15, 0.2) is 18.2 Å². The largest absolute Gasteiger partial charge is 0.388 e. The molecule has 1 aromatic carbocycles. The Hall–Kier alpha value is -1.49. The molecule has 3 nitrogen and oxygen atoms in total. The van der Waals surface area contributed by atoms with Gasteiger partial charge in [-0.3, -0.25) is 4.79 Å². The van der Waals surface area contributed by atoms with E-state index in [4.69, 9.17) is 0 Å². The van der Waals surface area contributed by atoms with E-state index in [0.717, 1.165) is 12.1 Å². The number of carbonyl (C=O) groups is 1. The Balaban J connectivity index is 2.09. The van der Waals surface area contributed by atoms with Crippen LogP contribution in [-0.4, -0.2) is 34.6 Å². The van der Waals surface area contributed by atoms with Gasteiger partial charge in [0.2, 0.25) is 5.91 Å². The lowest BCUT2D eigenvalue weighted by Gasteiger charge is -2.36.